The molecule has 40 valence electrons. The molecule has 0 aliphatic rings. The second kappa shape index (κ2) is 3.14. The number of rotatable bonds is 2. The second-order valence-electron chi connectivity index (χ2n) is 0.962. The average Bonchev–Trinajstić information content (AvgIpc) is 1.68. The molecule has 7 heavy (non-hydrogen) atoms. The van der Waals surface area contributed by atoms with Gasteiger partial charge < -0.3 is 15.7 Å². The fourth-order valence-electron chi connectivity index (χ4n) is 0.126. The van der Waals surface area contributed by atoms with Gasteiger partial charge in [-0.3, -0.25) is 0 Å². The first-order valence-electron chi connectivity index (χ1n) is 1.71. The maximum atomic E-state index is 9.50. The molecule has 0 saturated heterocycles. The van der Waals surface area contributed by atoms with Gasteiger partial charge in [-0.2, -0.15) is 0 Å². The molecule has 0 fully saturated rings. The molecule has 0 bridgehead atoms. The Hall–Kier alpha value is -1.06. The van der Waals surface area contributed by atoms with Crippen LogP contribution < -0.4 is 5.73 Å². The van der Waals surface area contributed by atoms with E-state index in [1.807, 2.05) is 0 Å². The molecule has 0 saturated carbocycles. The standard InChI is InChI=1S/C3H6N2O2/c4-3(5-7)1-2-6/h2,7H,1H2,(H2,4,5). The van der Waals surface area contributed by atoms with E-state index in [4.69, 9.17) is 10.9 Å². The van der Waals surface area contributed by atoms with Gasteiger partial charge in [0.25, 0.3) is 0 Å². The smallest absolute Gasteiger partial charge is 0.146 e. The quantitative estimate of drug-likeness (QED) is 0.159. The van der Waals surface area contributed by atoms with Crippen LogP contribution in [0.3, 0.4) is 0 Å². The Balaban J connectivity index is 3.36. The first kappa shape index (κ1) is 5.94. The molecule has 0 aromatic heterocycles. The summed E-state index contributed by atoms with van der Waals surface area (Å²) in [6.45, 7) is 0. The molecule has 0 radical (unpaired) electrons. The maximum Gasteiger partial charge on any atom is 0.146 e. The summed E-state index contributed by atoms with van der Waals surface area (Å²) in [6, 6.07) is 0. The monoisotopic (exact) mass is 102 g/mol. The number of carbonyl (C=O) groups excluding carboxylic acids is 1. The second-order valence-corrected chi connectivity index (χ2v) is 0.962. The lowest BCUT2D eigenvalue weighted by atomic mass is 10.4. The fraction of sp³-hybridized carbons (Fsp3) is 0.333. The molecule has 4 heteroatoms. The van der Waals surface area contributed by atoms with Crippen LogP contribution >= 0.6 is 0 Å². The van der Waals surface area contributed by atoms with Gasteiger partial charge in [0.1, 0.15) is 12.1 Å². The molecule has 0 heterocycles. The molecule has 3 N–H and O–H groups in total. The lowest BCUT2D eigenvalue weighted by Gasteiger charge is -1.82. The van der Waals surface area contributed by atoms with Crippen molar-refractivity contribution < 1.29 is 10.0 Å². The van der Waals surface area contributed by atoms with Crippen LogP contribution in [0.5, 0.6) is 0 Å². The molecular formula is C3H6N2O2. The van der Waals surface area contributed by atoms with Gasteiger partial charge in [-0.1, -0.05) is 5.16 Å². The van der Waals surface area contributed by atoms with Crippen molar-refractivity contribution in [2.45, 2.75) is 6.42 Å². The SMILES string of the molecule is N/C(CC=O)=N\O. The van der Waals surface area contributed by atoms with Crippen LogP contribution in [0.25, 0.3) is 0 Å². The largest absolute Gasteiger partial charge is 0.409 e. The highest BCUT2D eigenvalue weighted by molar-refractivity contribution is 5.90. The van der Waals surface area contributed by atoms with Gasteiger partial charge in [-0.25, -0.2) is 0 Å². The van der Waals surface area contributed by atoms with Crippen molar-refractivity contribution in [2.75, 3.05) is 0 Å². The number of aldehydes is 1. The van der Waals surface area contributed by atoms with Crippen LogP contribution in [0.1, 0.15) is 6.42 Å². The van der Waals surface area contributed by atoms with Crippen molar-refractivity contribution >= 4 is 12.1 Å². The Morgan fingerprint density at radius 1 is 2.00 bits per heavy atom. The minimum absolute atomic E-state index is 0.00347. The van der Waals surface area contributed by atoms with E-state index in [0.717, 1.165) is 0 Å². The van der Waals surface area contributed by atoms with E-state index >= 15 is 0 Å². The van der Waals surface area contributed by atoms with Crippen LogP contribution in [-0.4, -0.2) is 17.3 Å². The third-order valence-corrected chi connectivity index (χ3v) is 0.421. The molecule has 0 rings (SSSR count). The molecule has 0 aromatic rings. The number of nitrogens with two attached hydrogens (primary N) is 1. The van der Waals surface area contributed by atoms with Crippen molar-refractivity contribution in [1.29, 1.82) is 0 Å². The minimum atomic E-state index is -0.0602. The Bertz CT molecular complexity index is 88.9. The van der Waals surface area contributed by atoms with E-state index in [9.17, 15) is 4.79 Å². The lowest BCUT2D eigenvalue weighted by molar-refractivity contribution is -0.106. The normalized spacial score (nSPS) is 11.1. The van der Waals surface area contributed by atoms with Crippen LogP contribution in [0, 0.1) is 0 Å². The highest BCUT2D eigenvalue weighted by Gasteiger charge is 1.84. The molecule has 0 atom stereocenters. The summed E-state index contributed by atoms with van der Waals surface area (Å²) >= 11 is 0. The zero-order valence-electron chi connectivity index (χ0n) is 3.66. The third-order valence-electron chi connectivity index (χ3n) is 0.421. The zero-order valence-corrected chi connectivity index (χ0v) is 3.66. The van der Waals surface area contributed by atoms with E-state index in [1.54, 1.807) is 0 Å². The Morgan fingerprint density at radius 2 is 2.57 bits per heavy atom. The van der Waals surface area contributed by atoms with E-state index in [1.165, 1.54) is 0 Å². The highest BCUT2D eigenvalue weighted by Crippen LogP contribution is 1.68. The number of nitrogens with zero attached hydrogens (tertiary/aromatic N) is 1. The molecule has 4 nitrogen and oxygen atoms in total. The summed E-state index contributed by atoms with van der Waals surface area (Å²) in [5.41, 5.74) is 4.85. The van der Waals surface area contributed by atoms with Crippen LogP contribution in [0.15, 0.2) is 5.16 Å². The summed E-state index contributed by atoms with van der Waals surface area (Å²) < 4.78 is 0. The Kier molecular flexibility index (Phi) is 2.67. The third kappa shape index (κ3) is 2.75. The maximum absolute atomic E-state index is 9.50. The number of carbonyl (C=O) groups is 1. The van der Waals surface area contributed by atoms with Gasteiger partial charge in [-0.15, -0.1) is 0 Å². The molecule has 0 aromatic carbocycles. The molecule has 0 spiro atoms. The van der Waals surface area contributed by atoms with Crippen molar-refractivity contribution in [1.82, 2.24) is 0 Å². The van der Waals surface area contributed by atoms with Crippen molar-refractivity contribution in [3.8, 4) is 0 Å². The number of oxime groups is 1. The molecule has 0 aliphatic carbocycles. The van der Waals surface area contributed by atoms with Gasteiger partial charge in [-0.05, 0) is 0 Å². The average molecular weight is 102 g/mol. The summed E-state index contributed by atoms with van der Waals surface area (Å²) in [6.07, 6.45) is 0.561. The van der Waals surface area contributed by atoms with Gasteiger partial charge in [0, 0.05) is 0 Å². The Morgan fingerprint density at radius 3 is 2.71 bits per heavy atom. The van der Waals surface area contributed by atoms with Gasteiger partial charge in [0.05, 0.1) is 6.42 Å². The summed E-state index contributed by atoms with van der Waals surface area (Å²) in [4.78, 5) is 9.50. The molecule has 0 amide bonds. The fourth-order valence-corrected chi connectivity index (χ4v) is 0.126. The topological polar surface area (TPSA) is 75.7 Å². The minimum Gasteiger partial charge on any atom is -0.409 e. The van der Waals surface area contributed by atoms with Crippen LogP contribution in [-0.2, 0) is 4.79 Å². The van der Waals surface area contributed by atoms with Crippen molar-refractivity contribution in [3.05, 3.63) is 0 Å². The summed E-state index contributed by atoms with van der Waals surface area (Å²) in [5, 5.41) is 10.3. The predicted molar refractivity (Wildman–Crippen MR) is 24.1 cm³/mol. The Labute approximate surface area is 40.6 Å². The van der Waals surface area contributed by atoms with E-state index in [2.05, 4.69) is 5.16 Å². The van der Waals surface area contributed by atoms with E-state index in [0.29, 0.717) is 6.29 Å². The van der Waals surface area contributed by atoms with Crippen LogP contribution in [0.2, 0.25) is 0 Å². The predicted octanol–water partition coefficient (Wildman–Crippen LogP) is -0.678. The molecule has 0 aliphatic heterocycles. The van der Waals surface area contributed by atoms with Gasteiger partial charge >= 0.3 is 0 Å². The summed E-state index contributed by atoms with van der Waals surface area (Å²) in [7, 11) is 0. The van der Waals surface area contributed by atoms with E-state index < -0.39 is 0 Å². The van der Waals surface area contributed by atoms with Crippen molar-refractivity contribution in [3.63, 3.8) is 0 Å². The lowest BCUT2D eigenvalue weighted by Crippen LogP contribution is -2.10. The zero-order chi connectivity index (χ0) is 5.70. The van der Waals surface area contributed by atoms with Crippen LogP contribution in [0.4, 0.5) is 0 Å². The van der Waals surface area contributed by atoms with Gasteiger partial charge in [0.15, 0.2) is 0 Å². The van der Waals surface area contributed by atoms with E-state index in [-0.39, 0.29) is 12.3 Å². The van der Waals surface area contributed by atoms with Crippen molar-refractivity contribution in [2.24, 2.45) is 10.9 Å². The first-order valence-corrected chi connectivity index (χ1v) is 1.71. The number of amidine groups is 1. The number of hydrogen-bond donors (Lipinski definition) is 2. The van der Waals surface area contributed by atoms with Gasteiger partial charge in [0.2, 0.25) is 0 Å². The first-order chi connectivity index (χ1) is 3.31. The molecular weight excluding hydrogens is 96.0 g/mol. The number of hydrogen-bond acceptors (Lipinski definition) is 3. The highest BCUT2D eigenvalue weighted by atomic mass is 16.4. The molecule has 0 unspecified atom stereocenters. The summed E-state index contributed by atoms with van der Waals surface area (Å²) in [5.74, 6) is -0.0602.